The molecule has 17 heavy (non-hydrogen) atoms. The Kier molecular flexibility index (Phi) is 5.59. The van der Waals surface area contributed by atoms with Gasteiger partial charge < -0.3 is 5.11 Å². The van der Waals surface area contributed by atoms with Crippen LogP contribution >= 0.6 is 27.3 Å². The van der Waals surface area contributed by atoms with Gasteiger partial charge in [-0.2, -0.15) is 0 Å². The molecule has 0 amide bonds. The number of nitrogens with one attached hydrogen (secondary N) is 1. The van der Waals surface area contributed by atoms with Gasteiger partial charge in [0.2, 0.25) is 10.0 Å². The highest BCUT2D eigenvalue weighted by molar-refractivity contribution is 9.11. The van der Waals surface area contributed by atoms with Crippen molar-refractivity contribution in [3.05, 3.63) is 14.7 Å². The molecule has 0 saturated heterocycles. The first-order chi connectivity index (χ1) is 7.94. The van der Waals surface area contributed by atoms with Crippen LogP contribution in [0.2, 0.25) is 0 Å². The maximum atomic E-state index is 12.1. The van der Waals surface area contributed by atoms with Crippen LogP contribution in [-0.4, -0.2) is 19.6 Å². The third-order valence-corrected chi connectivity index (χ3v) is 6.22. The van der Waals surface area contributed by atoms with Crippen molar-refractivity contribution in [3.63, 3.8) is 0 Å². The summed E-state index contributed by atoms with van der Waals surface area (Å²) in [4.78, 5) is 0.834. The average molecular weight is 342 g/mol. The second kappa shape index (κ2) is 6.29. The van der Waals surface area contributed by atoms with E-state index in [4.69, 9.17) is 5.11 Å². The number of halogens is 1. The van der Waals surface area contributed by atoms with Crippen molar-refractivity contribution in [1.82, 2.24) is 4.72 Å². The Labute approximate surface area is 114 Å². The van der Waals surface area contributed by atoms with E-state index in [2.05, 4.69) is 20.7 Å². The molecule has 0 radical (unpaired) electrons. The lowest BCUT2D eigenvalue weighted by atomic mass is 10.2. The highest BCUT2D eigenvalue weighted by Gasteiger charge is 2.23. The summed E-state index contributed by atoms with van der Waals surface area (Å²) in [6.45, 7) is 3.74. The van der Waals surface area contributed by atoms with Crippen molar-refractivity contribution in [2.45, 2.75) is 44.2 Å². The fourth-order valence-electron chi connectivity index (χ4n) is 1.40. The topological polar surface area (TPSA) is 66.4 Å². The molecule has 0 fully saturated rings. The largest absolute Gasteiger partial charge is 0.391 e. The Bertz CT molecular complexity index is 466. The number of hydrogen-bond donors (Lipinski definition) is 2. The van der Waals surface area contributed by atoms with Gasteiger partial charge >= 0.3 is 0 Å². The van der Waals surface area contributed by atoms with Crippen molar-refractivity contribution in [2.75, 3.05) is 0 Å². The molecule has 1 rings (SSSR count). The van der Waals surface area contributed by atoms with Crippen molar-refractivity contribution >= 4 is 37.3 Å². The van der Waals surface area contributed by atoms with E-state index < -0.39 is 10.0 Å². The summed E-state index contributed by atoms with van der Waals surface area (Å²) in [5.74, 6) is 0. The Morgan fingerprint density at radius 3 is 2.47 bits per heavy atom. The minimum absolute atomic E-state index is 0.0515. The van der Waals surface area contributed by atoms with Gasteiger partial charge in [-0.15, -0.1) is 11.3 Å². The monoisotopic (exact) mass is 341 g/mol. The van der Waals surface area contributed by atoms with Crippen LogP contribution in [-0.2, 0) is 16.6 Å². The number of sulfonamides is 1. The summed E-state index contributed by atoms with van der Waals surface area (Å²) in [7, 11) is -3.50. The number of aliphatic hydroxyl groups excluding tert-OH is 1. The van der Waals surface area contributed by atoms with E-state index >= 15 is 0 Å². The SMILES string of the molecule is CCC(CC)NS(=O)(=O)c1cc(CO)sc1Br. The lowest BCUT2D eigenvalue weighted by Crippen LogP contribution is -2.33. The van der Waals surface area contributed by atoms with E-state index in [0.29, 0.717) is 8.66 Å². The first kappa shape index (κ1) is 15.1. The van der Waals surface area contributed by atoms with Crippen molar-refractivity contribution in [2.24, 2.45) is 0 Å². The molecule has 0 bridgehead atoms. The zero-order valence-electron chi connectivity index (χ0n) is 9.73. The van der Waals surface area contributed by atoms with Crippen LogP contribution in [0.3, 0.4) is 0 Å². The number of aliphatic hydroxyl groups is 1. The first-order valence-electron chi connectivity index (χ1n) is 5.36. The van der Waals surface area contributed by atoms with Gasteiger partial charge in [-0.05, 0) is 34.8 Å². The maximum Gasteiger partial charge on any atom is 0.242 e. The molecule has 4 nitrogen and oxygen atoms in total. The quantitative estimate of drug-likeness (QED) is 0.835. The summed E-state index contributed by atoms with van der Waals surface area (Å²) >= 11 is 4.45. The third kappa shape index (κ3) is 3.75. The zero-order chi connectivity index (χ0) is 13.1. The molecule has 7 heteroatoms. The maximum absolute atomic E-state index is 12.1. The molecular weight excluding hydrogens is 326 g/mol. The van der Waals surface area contributed by atoms with Crippen LogP contribution in [0.1, 0.15) is 31.6 Å². The van der Waals surface area contributed by atoms with Crippen molar-refractivity contribution < 1.29 is 13.5 Å². The predicted octanol–water partition coefficient (Wildman–Crippen LogP) is 2.47. The highest BCUT2D eigenvalue weighted by Crippen LogP contribution is 2.31. The average Bonchev–Trinajstić information content (AvgIpc) is 2.68. The molecule has 0 aliphatic carbocycles. The van der Waals surface area contributed by atoms with Gasteiger partial charge in [0.15, 0.2) is 0 Å². The van der Waals surface area contributed by atoms with Gasteiger partial charge in [0.1, 0.15) is 4.90 Å². The second-order valence-electron chi connectivity index (χ2n) is 3.64. The van der Waals surface area contributed by atoms with E-state index in [1.165, 1.54) is 17.4 Å². The summed E-state index contributed by atoms with van der Waals surface area (Å²) in [6, 6.07) is 1.45. The molecule has 0 unspecified atom stereocenters. The molecule has 1 aromatic heterocycles. The first-order valence-corrected chi connectivity index (χ1v) is 8.45. The molecule has 0 atom stereocenters. The molecule has 0 aromatic carbocycles. The smallest absolute Gasteiger partial charge is 0.242 e. The summed E-state index contributed by atoms with van der Waals surface area (Å²) in [5.41, 5.74) is 0. The number of rotatable bonds is 6. The zero-order valence-corrected chi connectivity index (χ0v) is 13.0. The minimum Gasteiger partial charge on any atom is -0.391 e. The van der Waals surface area contributed by atoms with Crippen LogP contribution in [0.15, 0.2) is 14.7 Å². The van der Waals surface area contributed by atoms with Gasteiger partial charge in [0.05, 0.1) is 10.4 Å². The summed E-state index contributed by atoms with van der Waals surface area (Å²) in [5, 5.41) is 8.99. The van der Waals surface area contributed by atoms with Gasteiger partial charge in [0.25, 0.3) is 0 Å². The van der Waals surface area contributed by atoms with E-state index in [1.807, 2.05) is 13.8 Å². The normalized spacial score (nSPS) is 12.3. The molecule has 1 aromatic rings. The Hall–Kier alpha value is 0.0500. The van der Waals surface area contributed by atoms with E-state index in [1.54, 1.807) is 0 Å². The fraction of sp³-hybridized carbons (Fsp3) is 0.600. The molecule has 0 saturated carbocycles. The standard InChI is InChI=1S/C10H16BrNO3S2/c1-3-7(4-2)12-17(14,15)9-5-8(6-13)16-10(9)11/h5,7,12-13H,3-4,6H2,1-2H3. The Morgan fingerprint density at radius 1 is 1.47 bits per heavy atom. The second-order valence-corrected chi connectivity index (χ2v) is 7.78. The van der Waals surface area contributed by atoms with E-state index in [9.17, 15) is 8.42 Å². The molecular formula is C10H16BrNO3S2. The summed E-state index contributed by atoms with van der Waals surface area (Å²) < 4.78 is 27.4. The lowest BCUT2D eigenvalue weighted by molar-refractivity contribution is 0.285. The van der Waals surface area contributed by atoms with Crippen LogP contribution in [0, 0.1) is 0 Å². The van der Waals surface area contributed by atoms with Crippen LogP contribution in [0.25, 0.3) is 0 Å². The minimum atomic E-state index is -3.50. The summed E-state index contributed by atoms with van der Waals surface area (Å²) in [6.07, 6.45) is 1.51. The van der Waals surface area contributed by atoms with Crippen LogP contribution < -0.4 is 4.72 Å². The molecule has 1 heterocycles. The third-order valence-electron chi connectivity index (χ3n) is 2.46. The van der Waals surface area contributed by atoms with Gasteiger partial charge in [0, 0.05) is 10.9 Å². The molecule has 0 spiro atoms. The Morgan fingerprint density at radius 2 is 2.06 bits per heavy atom. The van der Waals surface area contributed by atoms with Crippen LogP contribution in [0.4, 0.5) is 0 Å². The molecule has 98 valence electrons. The molecule has 0 aliphatic rings. The Balaban J connectivity index is 3.00. The van der Waals surface area contributed by atoms with Gasteiger partial charge in [-0.25, -0.2) is 13.1 Å². The van der Waals surface area contributed by atoms with E-state index in [-0.39, 0.29) is 17.5 Å². The molecule has 0 aliphatic heterocycles. The fourth-order valence-corrected chi connectivity index (χ4v) is 5.34. The number of hydrogen-bond acceptors (Lipinski definition) is 4. The highest BCUT2D eigenvalue weighted by atomic mass is 79.9. The van der Waals surface area contributed by atoms with E-state index in [0.717, 1.165) is 12.8 Å². The number of thiophene rings is 1. The lowest BCUT2D eigenvalue weighted by Gasteiger charge is -2.14. The van der Waals surface area contributed by atoms with Gasteiger partial charge in [-0.3, -0.25) is 0 Å². The van der Waals surface area contributed by atoms with Gasteiger partial charge in [-0.1, -0.05) is 13.8 Å². The van der Waals surface area contributed by atoms with Crippen molar-refractivity contribution in [1.29, 1.82) is 0 Å². The van der Waals surface area contributed by atoms with Crippen molar-refractivity contribution in [3.8, 4) is 0 Å². The molecule has 2 N–H and O–H groups in total. The van der Waals surface area contributed by atoms with Crippen LogP contribution in [0.5, 0.6) is 0 Å². The predicted molar refractivity (Wildman–Crippen MR) is 72.6 cm³/mol.